The van der Waals surface area contributed by atoms with Gasteiger partial charge in [-0.05, 0) is 157 Å². The van der Waals surface area contributed by atoms with Crippen LogP contribution in [-0.4, -0.2) is 0 Å². The number of para-hydroxylation sites is 1. The summed E-state index contributed by atoms with van der Waals surface area (Å²) in [6, 6.07) is 55.2. The fourth-order valence-corrected chi connectivity index (χ4v) is 12.8. The van der Waals surface area contributed by atoms with Gasteiger partial charge in [-0.2, -0.15) is 0 Å². The van der Waals surface area contributed by atoms with Crippen LogP contribution in [-0.2, 0) is 5.41 Å². The highest BCUT2D eigenvalue weighted by atomic mass is 16.3. The van der Waals surface area contributed by atoms with E-state index in [-0.39, 0.29) is 5.41 Å². The molecular formula is C52H38O. The first kappa shape index (κ1) is 28.9. The van der Waals surface area contributed by atoms with Gasteiger partial charge in [0.2, 0.25) is 0 Å². The highest BCUT2D eigenvalue weighted by Crippen LogP contribution is 2.70. The van der Waals surface area contributed by atoms with Gasteiger partial charge in [0.15, 0.2) is 0 Å². The highest BCUT2D eigenvalue weighted by Gasteiger charge is 2.61. The average Bonchev–Trinajstić information content (AvgIpc) is 3.72. The summed E-state index contributed by atoms with van der Waals surface area (Å²) in [6.45, 7) is 0. The van der Waals surface area contributed by atoms with Crippen LogP contribution in [0.2, 0.25) is 0 Å². The first-order valence-electron chi connectivity index (χ1n) is 19.8. The van der Waals surface area contributed by atoms with Gasteiger partial charge in [-0.1, -0.05) is 121 Å². The predicted octanol–water partition coefficient (Wildman–Crippen LogP) is 14.1. The Labute approximate surface area is 308 Å². The normalized spacial score (nSPS) is 23.9. The molecule has 4 saturated carbocycles. The summed E-state index contributed by atoms with van der Waals surface area (Å²) in [5.74, 6) is 3.28. The Hall–Kier alpha value is -5.66. The molecule has 14 rings (SSSR count). The van der Waals surface area contributed by atoms with Gasteiger partial charge in [-0.15, -0.1) is 0 Å². The molecule has 1 spiro atoms. The molecule has 0 saturated heterocycles. The van der Waals surface area contributed by atoms with Gasteiger partial charge in [0.25, 0.3) is 0 Å². The van der Waals surface area contributed by atoms with E-state index in [1.165, 1.54) is 109 Å². The van der Waals surface area contributed by atoms with E-state index in [1.54, 1.807) is 11.1 Å². The van der Waals surface area contributed by atoms with E-state index in [1.807, 2.05) is 0 Å². The van der Waals surface area contributed by atoms with Gasteiger partial charge in [0.05, 0.1) is 0 Å². The fraction of sp³-hybridized carbons (Fsp3) is 0.192. The Morgan fingerprint density at radius 3 is 1.62 bits per heavy atom. The molecular weight excluding hydrogens is 641 g/mol. The van der Waals surface area contributed by atoms with Crippen LogP contribution in [0.5, 0.6) is 0 Å². The van der Waals surface area contributed by atoms with Gasteiger partial charge in [0.1, 0.15) is 11.2 Å². The Bertz CT molecular complexity index is 2940. The lowest BCUT2D eigenvalue weighted by Crippen LogP contribution is -2.55. The van der Waals surface area contributed by atoms with Crippen molar-refractivity contribution in [1.29, 1.82) is 0 Å². The van der Waals surface area contributed by atoms with Gasteiger partial charge in [-0.25, -0.2) is 0 Å². The van der Waals surface area contributed by atoms with Crippen molar-refractivity contribution in [1.82, 2.24) is 0 Å². The van der Waals surface area contributed by atoms with Gasteiger partial charge < -0.3 is 4.42 Å². The van der Waals surface area contributed by atoms with Crippen LogP contribution in [0.25, 0.3) is 87.6 Å². The number of hydrogen-bond donors (Lipinski definition) is 0. The molecule has 4 bridgehead atoms. The van der Waals surface area contributed by atoms with Crippen LogP contribution in [0.3, 0.4) is 0 Å². The van der Waals surface area contributed by atoms with Gasteiger partial charge in [-0.3, -0.25) is 0 Å². The molecule has 0 N–H and O–H groups in total. The van der Waals surface area contributed by atoms with Crippen molar-refractivity contribution in [2.24, 2.45) is 23.7 Å². The number of rotatable bonds is 2. The topological polar surface area (TPSA) is 13.1 Å². The van der Waals surface area contributed by atoms with E-state index in [9.17, 15) is 0 Å². The third-order valence-electron chi connectivity index (χ3n) is 14.4. The van der Waals surface area contributed by atoms with Gasteiger partial charge >= 0.3 is 0 Å². The summed E-state index contributed by atoms with van der Waals surface area (Å²) in [4.78, 5) is 0. The van der Waals surface area contributed by atoms with E-state index < -0.39 is 0 Å². The zero-order valence-electron chi connectivity index (χ0n) is 29.6. The van der Waals surface area contributed by atoms with E-state index >= 15 is 0 Å². The van der Waals surface area contributed by atoms with Gasteiger partial charge in [0, 0.05) is 16.2 Å². The first-order valence-corrected chi connectivity index (χ1v) is 19.8. The summed E-state index contributed by atoms with van der Waals surface area (Å²) in [7, 11) is 0. The minimum absolute atomic E-state index is 0.104. The summed E-state index contributed by atoms with van der Waals surface area (Å²) in [5.41, 5.74) is 13.5. The van der Waals surface area contributed by atoms with Crippen LogP contribution < -0.4 is 0 Å². The molecule has 4 fully saturated rings. The number of hydrogen-bond acceptors (Lipinski definition) is 1. The minimum Gasteiger partial charge on any atom is -0.456 e. The molecule has 0 atom stereocenters. The fourth-order valence-electron chi connectivity index (χ4n) is 12.8. The molecule has 1 heterocycles. The summed E-state index contributed by atoms with van der Waals surface area (Å²) in [5, 5.41) is 10.3. The minimum atomic E-state index is 0.104. The summed E-state index contributed by atoms with van der Waals surface area (Å²) < 4.78 is 6.26. The molecule has 8 aromatic carbocycles. The second kappa shape index (κ2) is 10.3. The molecule has 0 aliphatic heterocycles. The zero-order valence-corrected chi connectivity index (χ0v) is 29.6. The van der Waals surface area contributed by atoms with Crippen molar-refractivity contribution in [2.45, 2.75) is 37.5 Å². The molecule has 0 unspecified atom stereocenters. The average molecular weight is 679 g/mol. The second-order valence-corrected chi connectivity index (χ2v) is 16.8. The molecule has 5 aliphatic rings. The van der Waals surface area contributed by atoms with Crippen LogP contribution in [0.1, 0.15) is 43.2 Å². The second-order valence-electron chi connectivity index (χ2n) is 16.8. The molecule has 1 aromatic heterocycles. The molecule has 5 aliphatic carbocycles. The number of fused-ring (bicyclic) bond motifs is 10. The molecule has 53 heavy (non-hydrogen) atoms. The van der Waals surface area contributed by atoms with Crippen LogP contribution in [0.15, 0.2) is 150 Å². The summed E-state index contributed by atoms with van der Waals surface area (Å²) in [6.07, 6.45) is 7.02. The lowest BCUT2D eigenvalue weighted by Gasteiger charge is -2.61. The van der Waals surface area contributed by atoms with E-state index in [2.05, 4.69) is 146 Å². The van der Waals surface area contributed by atoms with Crippen molar-refractivity contribution >= 4 is 54.3 Å². The van der Waals surface area contributed by atoms with Crippen LogP contribution in [0.4, 0.5) is 0 Å². The highest BCUT2D eigenvalue weighted by molar-refractivity contribution is 6.22. The molecule has 252 valence electrons. The molecule has 1 nitrogen and oxygen atoms in total. The quantitative estimate of drug-likeness (QED) is 0.166. The third kappa shape index (κ3) is 3.68. The zero-order chi connectivity index (χ0) is 34.4. The van der Waals surface area contributed by atoms with Crippen molar-refractivity contribution in [3.05, 3.63) is 157 Å². The Morgan fingerprint density at radius 2 is 0.943 bits per heavy atom. The van der Waals surface area contributed by atoms with E-state index in [0.29, 0.717) is 0 Å². The number of furan rings is 1. The Balaban J connectivity index is 1.09. The predicted molar refractivity (Wildman–Crippen MR) is 220 cm³/mol. The lowest BCUT2D eigenvalue weighted by molar-refractivity contribution is -0.0399. The van der Waals surface area contributed by atoms with E-state index in [0.717, 1.165) is 34.8 Å². The van der Waals surface area contributed by atoms with Crippen molar-refractivity contribution in [2.75, 3.05) is 0 Å². The first-order chi connectivity index (χ1) is 26.2. The van der Waals surface area contributed by atoms with Crippen LogP contribution >= 0.6 is 0 Å². The largest absolute Gasteiger partial charge is 0.456 e. The van der Waals surface area contributed by atoms with Crippen molar-refractivity contribution in [3.63, 3.8) is 0 Å². The van der Waals surface area contributed by atoms with Crippen molar-refractivity contribution in [3.8, 4) is 33.4 Å². The monoisotopic (exact) mass is 678 g/mol. The SMILES string of the molecule is c1ccc2c3c(ccc2c1)C1(c2cc(-c4c5ccccc5c(-c5ccc6oc7ccccc7c6c5)c5ccccc45)ccc2-3)C2CC3CC(C2)CC1C3. The molecule has 0 radical (unpaired) electrons. The maximum atomic E-state index is 6.26. The maximum Gasteiger partial charge on any atom is 0.135 e. The third-order valence-corrected chi connectivity index (χ3v) is 14.4. The molecule has 1 heteroatoms. The van der Waals surface area contributed by atoms with Crippen LogP contribution in [0, 0.1) is 23.7 Å². The lowest BCUT2D eigenvalue weighted by atomic mass is 9.43. The molecule has 0 amide bonds. The maximum absolute atomic E-state index is 6.26. The Kier molecular flexibility index (Phi) is 5.59. The van der Waals surface area contributed by atoms with E-state index in [4.69, 9.17) is 4.42 Å². The standard InChI is InChI=1S/C52H38O/c1-2-10-37-32(9-1)18-21-45-51(37)43-20-17-34(29-46(43)52(45)35-24-30-23-31(26-35)27-36(52)25-30)50-41-14-5-3-12-39(41)49(40-13-4-6-15-42(40)50)33-19-22-48-44(28-33)38-11-7-8-16-47(38)53-48/h1-22,28-31,35-36H,23-27H2. The molecule has 9 aromatic rings. The smallest absolute Gasteiger partial charge is 0.135 e. The summed E-state index contributed by atoms with van der Waals surface area (Å²) >= 11 is 0. The van der Waals surface area contributed by atoms with Crippen molar-refractivity contribution < 1.29 is 4.42 Å². The Morgan fingerprint density at radius 1 is 0.396 bits per heavy atom. The number of benzene rings is 8.